The minimum absolute atomic E-state index is 0.539. The van der Waals surface area contributed by atoms with Gasteiger partial charge in [-0.25, -0.2) is 4.99 Å². The van der Waals surface area contributed by atoms with Gasteiger partial charge < -0.3 is 19.6 Å². The predicted octanol–water partition coefficient (Wildman–Crippen LogP) is 1.96. The average Bonchev–Trinajstić information content (AvgIpc) is 3.13. The number of aliphatic imine (C=N–C) groups is 1. The quantitative estimate of drug-likeness (QED) is 0.691. The van der Waals surface area contributed by atoms with Crippen molar-refractivity contribution in [1.29, 1.82) is 0 Å². The topological polar surface area (TPSA) is 56.9 Å². The Kier molecular flexibility index (Phi) is 5.13. The number of benzene rings is 1. The Labute approximate surface area is 136 Å². The largest absolute Gasteiger partial charge is 0.368 e. The van der Waals surface area contributed by atoms with Crippen molar-refractivity contribution in [3.8, 4) is 0 Å². The fraction of sp³-hybridized carbons (Fsp3) is 0.412. The molecular formula is C17H23N5O. The molecule has 1 aliphatic heterocycles. The third-order valence-electron chi connectivity index (χ3n) is 3.92. The molecule has 2 aromatic rings. The molecule has 2 heterocycles. The van der Waals surface area contributed by atoms with E-state index in [4.69, 9.17) is 4.52 Å². The molecular weight excluding hydrogens is 290 g/mol. The van der Waals surface area contributed by atoms with Gasteiger partial charge in [-0.2, -0.15) is 0 Å². The number of anilines is 1. The summed E-state index contributed by atoms with van der Waals surface area (Å²) in [5, 5.41) is 7.28. The average molecular weight is 313 g/mol. The summed E-state index contributed by atoms with van der Waals surface area (Å²) in [6.07, 6.45) is 1.58. The van der Waals surface area contributed by atoms with Gasteiger partial charge in [-0.15, -0.1) is 0 Å². The van der Waals surface area contributed by atoms with E-state index in [-0.39, 0.29) is 0 Å². The van der Waals surface area contributed by atoms with E-state index in [1.807, 2.05) is 6.07 Å². The van der Waals surface area contributed by atoms with Crippen molar-refractivity contribution in [2.75, 3.05) is 37.6 Å². The molecule has 0 unspecified atom stereocenters. The van der Waals surface area contributed by atoms with E-state index in [9.17, 15) is 0 Å². The zero-order chi connectivity index (χ0) is 15.9. The van der Waals surface area contributed by atoms with Gasteiger partial charge in [0.2, 0.25) is 0 Å². The summed E-state index contributed by atoms with van der Waals surface area (Å²) in [6, 6.07) is 12.4. The van der Waals surface area contributed by atoms with E-state index in [0.717, 1.165) is 44.4 Å². The van der Waals surface area contributed by atoms with Crippen LogP contribution in [0, 0.1) is 0 Å². The van der Waals surface area contributed by atoms with Crippen LogP contribution in [0.4, 0.5) is 5.69 Å². The van der Waals surface area contributed by atoms with Gasteiger partial charge in [0, 0.05) is 44.5 Å². The summed E-state index contributed by atoms with van der Waals surface area (Å²) < 4.78 is 4.86. The molecule has 122 valence electrons. The number of hydrogen-bond acceptors (Lipinski definition) is 4. The first-order valence-corrected chi connectivity index (χ1v) is 8.09. The zero-order valence-corrected chi connectivity index (χ0v) is 13.5. The van der Waals surface area contributed by atoms with Gasteiger partial charge in [0.15, 0.2) is 5.96 Å². The van der Waals surface area contributed by atoms with Gasteiger partial charge in [0.1, 0.15) is 12.0 Å². The Morgan fingerprint density at radius 2 is 1.96 bits per heavy atom. The standard InChI is InChI=1S/C17H23N5O/c1-2-18-17(19-14-15-8-13-23-20-15)22-11-9-21(10-12-22)16-6-4-3-5-7-16/h3-8,13H,2,9-12,14H2,1H3,(H,18,19). The summed E-state index contributed by atoms with van der Waals surface area (Å²) >= 11 is 0. The SMILES string of the molecule is CCNC(=NCc1ccon1)N1CCN(c2ccccc2)CC1. The highest BCUT2D eigenvalue weighted by molar-refractivity contribution is 5.80. The summed E-state index contributed by atoms with van der Waals surface area (Å²) in [4.78, 5) is 9.39. The molecule has 0 spiro atoms. The molecule has 1 fully saturated rings. The Morgan fingerprint density at radius 1 is 1.17 bits per heavy atom. The number of hydrogen-bond donors (Lipinski definition) is 1. The monoisotopic (exact) mass is 313 g/mol. The first-order valence-electron chi connectivity index (χ1n) is 8.09. The van der Waals surface area contributed by atoms with Crippen LogP contribution in [-0.4, -0.2) is 48.7 Å². The van der Waals surface area contributed by atoms with Crippen LogP contribution in [0.5, 0.6) is 0 Å². The van der Waals surface area contributed by atoms with Crippen LogP contribution in [0.25, 0.3) is 0 Å². The van der Waals surface area contributed by atoms with Crippen LogP contribution < -0.4 is 10.2 Å². The second kappa shape index (κ2) is 7.67. The molecule has 1 aromatic heterocycles. The normalized spacial score (nSPS) is 15.8. The van der Waals surface area contributed by atoms with Crippen molar-refractivity contribution in [2.45, 2.75) is 13.5 Å². The van der Waals surface area contributed by atoms with E-state index in [1.165, 1.54) is 5.69 Å². The van der Waals surface area contributed by atoms with Crippen LogP contribution in [0.2, 0.25) is 0 Å². The van der Waals surface area contributed by atoms with Crippen LogP contribution in [0.1, 0.15) is 12.6 Å². The maximum atomic E-state index is 4.86. The molecule has 1 N–H and O–H groups in total. The molecule has 0 atom stereocenters. The maximum Gasteiger partial charge on any atom is 0.194 e. The lowest BCUT2D eigenvalue weighted by atomic mass is 10.2. The molecule has 6 heteroatoms. The third-order valence-corrected chi connectivity index (χ3v) is 3.92. The van der Waals surface area contributed by atoms with Crippen LogP contribution >= 0.6 is 0 Å². The molecule has 1 saturated heterocycles. The van der Waals surface area contributed by atoms with Gasteiger partial charge in [-0.3, -0.25) is 0 Å². The Bertz CT molecular complexity index is 603. The van der Waals surface area contributed by atoms with Gasteiger partial charge in [-0.05, 0) is 19.1 Å². The molecule has 1 aromatic carbocycles. The Hall–Kier alpha value is -2.50. The van der Waals surface area contributed by atoms with Crippen LogP contribution in [0.15, 0.2) is 52.2 Å². The fourth-order valence-electron chi connectivity index (χ4n) is 2.72. The fourth-order valence-corrected chi connectivity index (χ4v) is 2.72. The van der Waals surface area contributed by atoms with Crippen molar-refractivity contribution in [3.05, 3.63) is 48.4 Å². The van der Waals surface area contributed by atoms with Gasteiger partial charge in [0.05, 0.1) is 6.54 Å². The maximum absolute atomic E-state index is 4.86. The first-order chi connectivity index (χ1) is 11.4. The number of nitrogens with one attached hydrogen (secondary N) is 1. The molecule has 0 bridgehead atoms. The first kappa shape index (κ1) is 15.4. The minimum Gasteiger partial charge on any atom is -0.368 e. The predicted molar refractivity (Wildman–Crippen MR) is 91.5 cm³/mol. The second-order valence-corrected chi connectivity index (χ2v) is 5.47. The highest BCUT2D eigenvalue weighted by atomic mass is 16.5. The van der Waals surface area contributed by atoms with Crippen molar-refractivity contribution >= 4 is 11.6 Å². The lowest BCUT2D eigenvalue weighted by Gasteiger charge is -2.37. The van der Waals surface area contributed by atoms with E-state index in [0.29, 0.717) is 6.54 Å². The summed E-state index contributed by atoms with van der Waals surface area (Å²) in [7, 11) is 0. The molecule has 0 amide bonds. The van der Waals surface area contributed by atoms with Crippen molar-refractivity contribution in [3.63, 3.8) is 0 Å². The van der Waals surface area contributed by atoms with Crippen LogP contribution in [-0.2, 0) is 6.54 Å². The van der Waals surface area contributed by atoms with Crippen molar-refractivity contribution < 1.29 is 4.52 Å². The van der Waals surface area contributed by atoms with Crippen molar-refractivity contribution in [1.82, 2.24) is 15.4 Å². The number of piperazine rings is 1. The Balaban J connectivity index is 1.60. The summed E-state index contributed by atoms with van der Waals surface area (Å²) in [5.41, 5.74) is 2.14. The summed E-state index contributed by atoms with van der Waals surface area (Å²) in [6.45, 7) is 7.40. The number of guanidine groups is 1. The molecule has 1 aliphatic rings. The molecule has 0 radical (unpaired) electrons. The smallest absolute Gasteiger partial charge is 0.194 e. The number of rotatable bonds is 4. The van der Waals surface area contributed by atoms with E-state index in [1.54, 1.807) is 6.26 Å². The van der Waals surface area contributed by atoms with E-state index < -0.39 is 0 Å². The zero-order valence-electron chi connectivity index (χ0n) is 13.5. The van der Waals surface area contributed by atoms with E-state index in [2.05, 4.69) is 62.5 Å². The highest BCUT2D eigenvalue weighted by Gasteiger charge is 2.19. The van der Waals surface area contributed by atoms with Gasteiger partial charge in [-0.1, -0.05) is 23.4 Å². The number of nitrogens with zero attached hydrogens (tertiary/aromatic N) is 4. The van der Waals surface area contributed by atoms with Gasteiger partial charge in [0.25, 0.3) is 0 Å². The molecule has 3 rings (SSSR count). The van der Waals surface area contributed by atoms with Crippen molar-refractivity contribution in [2.24, 2.45) is 4.99 Å². The summed E-state index contributed by atoms with van der Waals surface area (Å²) in [5.74, 6) is 0.947. The minimum atomic E-state index is 0.539. The lowest BCUT2D eigenvalue weighted by molar-refractivity contribution is 0.372. The van der Waals surface area contributed by atoms with Gasteiger partial charge >= 0.3 is 0 Å². The molecule has 0 aliphatic carbocycles. The number of aromatic nitrogens is 1. The van der Waals surface area contributed by atoms with Crippen LogP contribution in [0.3, 0.4) is 0 Å². The third kappa shape index (κ3) is 4.03. The molecule has 23 heavy (non-hydrogen) atoms. The molecule has 6 nitrogen and oxygen atoms in total. The lowest BCUT2D eigenvalue weighted by Crippen LogP contribution is -2.52. The van der Waals surface area contributed by atoms with E-state index >= 15 is 0 Å². The Morgan fingerprint density at radius 3 is 2.61 bits per heavy atom. The number of para-hydroxylation sites is 1. The highest BCUT2D eigenvalue weighted by Crippen LogP contribution is 2.15. The molecule has 0 saturated carbocycles. The second-order valence-electron chi connectivity index (χ2n) is 5.47.